The third-order valence-electron chi connectivity index (χ3n) is 0.612. The summed E-state index contributed by atoms with van der Waals surface area (Å²) in [7, 11) is -2.46. The van der Waals surface area contributed by atoms with Crippen molar-refractivity contribution in [2.75, 3.05) is 0 Å². The molecular formula is C6H22OSi2Sn. The van der Waals surface area contributed by atoms with Crippen LogP contribution in [-0.2, 0) is 4.12 Å². The van der Waals surface area contributed by atoms with E-state index in [2.05, 4.69) is 39.3 Å². The average Bonchev–Trinajstić information content (AvgIpc) is 1.14. The fourth-order valence-electron chi connectivity index (χ4n) is 0.919. The minimum atomic E-state index is -1.23. The van der Waals surface area contributed by atoms with E-state index in [9.17, 15) is 0 Å². The predicted octanol–water partition coefficient (Wildman–Crippen LogP) is 1.22. The SMILES string of the molecule is C[Si](C)(C)O[Si](C)(C)C.[SnH4]. The van der Waals surface area contributed by atoms with Crippen LogP contribution in [0.25, 0.3) is 0 Å². The molecule has 0 spiro atoms. The number of hydrogen-bond acceptors (Lipinski definition) is 1. The zero-order valence-electron chi connectivity index (χ0n) is 7.41. The second-order valence-corrected chi connectivity index (χ2v) is 13.6. The Balaban J connectivity index is 0. The Bertz CT molecular complexity index is 80.9. The fourth-order valence-corrected chi connectivity index (χ4v) is 8.27. The molecule has 0 amide bonds. The van der Waals surface area contributed by atoms with Gasteiger partial charge >= 0.3 is 23.9 Å². The van der Waals surface area contributed by atoms with Gasteiger partial charge in [0.1, 0.15) is 0 Å². The van der Waals surface area contributed by atoms with E-state index in [-0.39, 0.29) is 23.9 Å². The summed E-state index contributed by atoms with van der Waals surface area (Å²) in [5.41, 5.74) is 0. The quantitative estimate of drug-likeness (QED) is 0.693. The topological polar surface area (TPSA) is 9.23 Å². The van der Waals surface area contributed by atoms with E-state index in [1.165, 1.54) is 0 Å². The van der Waals surface area contributed by atoms with Crippen molar-refractivity contribution in [3.8, 4) is 0 Å². The molecule has 0 saturated carbocycles. The summed E-state index contributed by atoms with van der Waals surface area (Å²) in [6, 6.07) is 0. The van der Waals surface area contributed by atoms with Gasteiger partial charge in [0.2, 0.25) is 0 Å². The summed E-state index contributed by atoms with van der Waals surface area (Å²) in [5.74, 6) is 0. The van der Waals surface area contributed by atoms with Gasteiger partial charge in [-0.2, -0.15) is 0 Å². The van der Waals surface area contributed by atoms with Crippen LogP contribution < -0.4 is 0 Å². The maximum atomic E-state index is 5.90. The molecule has 0 aliphatic carbocycles. The first-order valence-electron chi connectivity index (χ1n) is 3.41. The Morgan fingerprint density at radius 2 is 0.900 bits per heavy atom. The van der Waals surface area contributed by atoms with Gasteiger partial charge in [0.25, 0.3) is 0 Å². The molecule has 64 valence electrons. The molecule has 0 bridgehead atoms. The van der Waals surface area contributed by atoms with Crippen LogP contribution in [0.1, 0.15) is 0 Å². The Labute approximate surface area is 83.8 Å². The molecule has 0 rings (SSSR count). The molecule has 0 heterocycles. The van der Waals surface area contributed by atoms with Crippen LogP contribution in [0, 0.1) is 0 Å². The van der Waals surface area contributed by atoms with E-state index in [1.807, 2.05) is 0 Å². The van der Waals surface area contributed by atoms with E-state index < -0.39 is 16.6 Å². The molecule has 0 aromatic rings. The summed E-state index contributed by atoms with van der Waals surface area (Å²) in [6.07, 6.45) is 0. The first-order valence-corrected chi connectivity index (χ1v) is 10.2. The van der Waals surface area contributed by atoms with Gasteiger partial charge in [0, 0.05) is 0 Å². The Hall–Kier alpha value is 1.19. The van der Waals surface area contributed by atoms with Gasteiger partial charge in [-0.05, 0) is 39.3 Å². The van der Waals surface area contributed by atoms with Gasteiger partial charge in [0.15, 0.2) is 16.6 Å². The van der Waals surface area contributed by atoms with Gasteiger partial charge in [-0.15, -0.1) is 0 Å². The molecule has 10 heavy (non-hydrogen) atoms. The van der Waals surface area contributed by atoms with Crippen LogP contribution in [-0.4, -0.2) is 40.5 Å². The third kappa shape index (κ3) is 11.9. The number of hydrogen-bond donors (Lipinski definition) is 0. The van der Waals surface area contributed by atoms with Crippen LogP contribution in [0.4, 0.5) is 0 Å². The number of rotatable bonds is 2. The van der Waals surface area contributed by atoms with E-state index in [0.29, 0.717) is 0 Å². The average molecular weight is 285 g/mol. The zero-order valence-corrected chi connectivity index (χ0v) is 9.41. The summed E-state index contributed by atoms with van der Waals surface area (Å²) < 4.78 is 5.90. The molecule has 0 atom stereocenters. The molecule has 0 aromatic carbocycles. The van der Waals surface area contributed by atoms with Gasteiger partial charge in [-0.1, -0.05) is 0 Å². The molecule has 0 saturated heterocycles. The summed E-state index contributed by atoms with van der Waals surface area (Å²) in [6.45, 7) is 13.4. The van der Waals surface area contributed by atoms with Crippen LogP contribution in [0.5, 0.6) is 0 Å². The van der Waals surface area contributed by atoms with E-state index >= 15 is 0 Å². The van der Waals surface area contributed by atoms with Crippen molar-refractivity contribution < 1.29 is 4.12 Å². The monoisotopic (exact) mass is 286 g/mol. The van der Waals surface area contributed by atoms with Crippen molar-refractivity contribution in [2.24, 2.45) is 0 Å². The van der Waals surface area contributed by atoms with E-state index in [0.717, 1.165) is 0 Å². The minimum absolute atomic E-state index is 0. The summed E-state index contributed by atoms with van der Waals surface area (Å²) in [5, 5.41) is 0. The first kappa shape index (κ1) is 13.8. The van der Waals surface area contributed by atoms with Crippen molar-refractivity contribution in [2.45, 2.75) is 39.3 Å². The van der Waals surface area contributed by atoms with Crippen LogP contribution >= 0.6 is 0 Å². The molecule has 0 unspecified atom stereocenters. The molecule has 0 aliphatic rings. The molecule has 0 N–H and O–H groups in total. The second-order valence-electron chi connectivity index (χ2n) is 4.33. The third-order valence-corrected chi connectivity index (χ3v) is 5.51. The Morgan fingerprint density at radius 1 is 0.700 bits per heavy atom. The summed E-state index contributed by atoms with van der Waals surface area (Å²) >= 11 is 0. The van der Waals surface area contributed by atoms with E-state index in [1.54, 1.807) is 0 Å². The molecule has 0 aliphatic heterocycles. The predicted molar refractivity (Wildman–Crippen MR) is 59.1 cm³/mol. The van der Waals surface area contributed by atoms with Crippen molar-refractivity contribution in [3.63, 3.8) is 0 Å². The van der Waals surface area contributed by atoms with Crippen molar-refractivity contribution in [1.29, 1.82) is 0 Å². The summed E-state index contributed by atoms with van der Waals surface area (Å²) in [4.78, 5) is 0. The molecule has 0 radical (unpaired) electrons. The Morgan fingerprint density at radius 3 is 0.900 bits per heavy atom. The van der Waals surface area contributed by atoms with Gasteiger partial charge < -0.3 is 4.12 Å². The first-order chi connectivity index (χ1) is 3.71. The van der Waals surface area contributed by atoms with Crippen molar-refractivity contribution in [3.05, 3.63) is 0 Å². The fraction of sp³-hybridized carbons (Fsp3) is 1.00. The van der Waals surface area contributed by atoms with Gasteiger partial charge in [-0.25, -0.2) is 0 Å². The van der Waals surface area contributed by atoms with Crippen LogP contribution in [0.2, 0.25) is 39.3 Å². The van der Waals surface area contributed by atoms with Crippen LogP contribution in [0.3, 0.4) is 0 Å². The molecule has 0 aromatic heterocycles. The van der Waals surface area contributed by atoms with Crippen LogP contribution in [0.15, 0.2) is 0 Å². The van der Waals surface area contributed by atoms with Gasteiger partial charge in [-0.3, -0.25) is 0 Å². The zero-order chi connectivity index (χ0) is 7.71. The second kappa shape index (κ2) is 4.28. The Kier molecular flexibility index (Phi) is 5.88. The van der Waals surface area contributed by atoms with Crippen molar-refractivity contribution in [1.82, 2.24) is 0 Å². The van der Waals surface area contributed by atoms with Crippen molar-refractivity contribution >= 4 is 40.5 Å². The molecule has 1 nitrogen and oxygen atoms in total. The molecule has 0 fully saturated rings. The van der Waals surface area contributed by atoms with E-state index in [4.69, 9.17) is 4.12 Å². The van der Waals surface area contributed by atoms with Gasteiger partial charge in [0.05, 0.1) is 0 Å². The normalized spacial score (nSPS) is 12.6. The maximum absolute atomic E-state index is 5.90. The molecular weight excluding hydrogens is 263 g/mol. The molecule has 4 heteroatoms. The standard InChI is InChI=1S/C6H18OSi2.Sn.4H/c1-8(2,3)7-9(4,5)6;;;;;/h1-6H3;;;;;.